The average Bonchev–Trinajstić information content (AvgIpc) is 3.23. The molecule has 2 amide bonds. The van der Waals surface area contributed by atoms with Gasteiger partial charge in [-0.25, -0.2) is 0 Å². The Labute approximate surface area is 202 Å². The number of β-amino-alcohol motifs (C(OH)–C–C–N with tert-alkyl or cyclic N) is 1. The lowest BCUT2D eigenvalue weighted by molar-refractivity contribution is -0.127. The first-order valence-electron chi connectivity index (χ1n) is 11.9. The third-order valence-corrected chi connectivity index (χ3v) is 6.22. The van der Waals surface area contributed by atoms with Gasteiger partial charge in [-0.3, -0.25) is 14.5 Å². The van der Waals surface area contributed by atoms with E-state index in [-0.39, 0.29) is 35.7 Å². The molecule has 2 aromatic carbocycles. The first kappa shape index (κ1) is 25.7. The van der Waals surface area contributed by atoms with Gasteiger partial charge in [0.05, 0.1) is 18.2 Å². The summed E-state index contributed by atoms with van der Waals surface area (Å²) in [6, 6.07) is 13.7. The second kappa shape index (κ2) is 11.0. The molecule has 0 unspecified atom stereocenters. The number of phenols is 1. The highest BCUT2D eigenvalue weighted by molar-refractivity contribution is 5.96. The number of aliphatic hydroxyl groups excluding tert-OH is 1. The van der Waals surface area contributed by atoms with Gasteiger partial charge in [0.25, 0.3) is 5.91 Å². The van der Waals surface area contributed by atoms with Crippen molar-refractivity contribution in [1.29, 1.82) is 0 Å². The number of nitrogens with one attached hydrogen (secondary N) is 2. The smallest absolute Gasteiger partial charge is 0.252 e. The lowest BCUT2D eigenvalue weighted by Gasteiger charge is -2.32. The molecule has 0 aromatic heterocycles. The Balaban J connectivity index is 1.76. The number of aliphatic hydroxyl groups is 1. The van der Waals surface area contributed by atoms with E-state index in [1.807, 2.05) is 56.0 Å². The van der Waals surface area contributed by atoms with E-state index >= 15 is 0 Å². The Morgan fingerprint density at radius 2 is 1.82 bits per heavy atom. The Morgan fingerprint density at radius 1 is 1.12 bits per heavy atom. The van der Waals surface area contributed by atoms with Gasteiger partial charge in [-0.2, -0.15) is 0 Å². The Kier molecular flexibility index (Phi) is 8.33. The van der Waals surface area contributed by atoms with Gasteiger partial charge in [-0.1, -0.05) is 36.4 Å². The van der Waals surface area contributed by atoms with Crippen LogP contribution < -0.4 is 10.6 Å². The summed E-state index contributed by atoms with van der Waals surface area (Å²) in [5.74, 6) is -0.328. The summed E-state index contributed by atoms with van der Waals surface area (Å²) in [7, 11) is 0. The zero-order valence-corrected chi connectivity index (χ0v) is 20.5. The molecule has 1 aliphatic rings. The van der Waals surface area contributed by atoms with Crippen molar-refractivity contribution >= 4 is 11.8 Å². The van der Waals surface area contributed by atoms with E-state index in [9.17, 15) is 19.8 Å². The van der Waals surface area contributed by atoms with Gasteiger partial charge in [-0.15, -0.1) is 0 Å². The molecular formula is C27H37N3O4. The molecule has 7 heteroatoms. The van der Waals surface area contributed by atoms with Crippen LogP contribution in [0.2, 0.25) is 0 Å². The van der Waals surface area contributed by atoms with Crippen molar-refractivity contribution in [3.63, 3.8) is 0 Å². The van der Waals surface area contributed by atoms with E-state index in [2.05, 4.69) is 10.6 Å². The molecule has 7 nitrogen and oxygen atoms in total. The number of likely N-dealkylation sites (tertiary alicyclic amines) is 1. The van der Waals surface area contributed by atoms with Crippen molar-refractivity contribution in [2.45, 2.75) is 70.7 Å². The predicted octanol–water partition coefficient (Wildman–Crippen LogP) is 2.78. The molecule has 0 bridgehead atoms. The lowest BCUT2D eigenvalue weighted by atomic mass is 9.99. The van der Waals surface area contributed by atoms with Gasteiger partial charge < -0.3 is 20.8 Å². The van der Waals surface area contributed by atoms with E-state index in [0.29, 0.717) is 17.5 Å². The minimum Gasteiger partial charge on any atom is -0.508 e. The van der Waals surface area contributed by atoms with Crippen LogP contribution in [-0.2, 0) is 11.2 Å². The van der Waals surface area contributed by atoms with Gasteiger partial charge in [0.1, 0.15) is 5.75 Å². The highest BCUT2D eigenvalue weighted by atomic mass is 16.3. The number of phenolic OH excluding ortho intramolecular Hbond substituents is 1. The molecule has 3 atom stereocenters. The number of amides is 2. The molecule has 0 radical (unpaired) electrons. The van der Waals surface area contributed by atoms with Gasteiger partial charge in [0.15, 0.2) is 0 Å². The first-order valence-corrected chi connectivity index (χ1v) is 11.9. The molecule has 1 aliphatic heterocycles. The Hall–Kier alpha value is -2.90. The van der Waals surface area contributed by atoms with E-state index in [0.717, 1.165) is 24.9 Å². The maximum atomic E-state index is 13.1. The number of carbonyl (C=O) groups is 2. The number of rotatable bonds is 8. The van der Waals surface area contributed by atoms with Crippen LogP contribution in [0.3, 0.4) is 0 Å². The third kappa shape index (κ3) is 6.81. The van der Waals surface area contributed by atoms with Crippen molar-refractivity contribution in [3.8, 4) is 5.75 Å². The SMILES string of the molecule is Cc1c(O)cccc1C(=O)N[C@@H](Cc1ccccc1)[C@H](O)CN1CCC[C@H]1C(=O)NC(C)(C)C. The molecule has 4 N–H and O–H groups in total. The van der Waals surface area contributed by atoms with Crippen molar-refractivity contribution in [3.05, 3.63) is 65.2 Å². The van der Waals surface area contributed by atoms with E-state index in [1.165, 1.54) is 0 Å². The number of hydrogen-bond acceptors (Lipinski definition) is 5. The molecule has 184 valence electrons. The third-order valence-electron chi connectivity index (χ3n) is 6.22. The summed E-state index contributed by atoms with van der Waals surface area (Å²) >= 11 is 0. The van der Waals surface area contributed by atoms with Crippen LogP contribution in [-0.4, -0.2) is 63.7 Å². The maximum absolute atomic E-state index is 13.1. The zero-order valence-electron chi connectivity index (χ0n) is 20.5. The highest BCUT2D eigenvalue weighted by Crippen LogP contribution is 2.22. The summed E-state index contributed by atoms with van der Waals surface area (Å²) in [4.78, 5) is 27.9. The van der Waals surface area contributed by atoms with Gasteiger partial charge in [0, 0.05) is 23.2 Å². The fourth-order valence-electron chi connectivity index (χ4n) is 4.43. The molecule has 1 heterocycles. The molecule has 0 aliphatic carbocycles. The summed E-state index contributed by atoms with van der Waals surface area (Å²) in [6.45, 7) is 8.54. The van der Waals surface area contributed by atoms with Crippen molar-refractivity contribution in [1.82, 2.24) is 15.5 Å². The van der Waals surface area contributed by atoms with Crippen LogP contribution in [0.4, 0.5) is 0 Å². The largest absolute Gasteiger partial charge is 0.508 e. The van der Waals surface area contributed by atoms with Crippen LogP contribution in [0, 0.1) is 6.92 Å². The minimum absolute atomic E-state index is 0.0313. The molecule has 34 heavy (non-hydrogen) atoms. The monoisotopic (exact) mass is 467 g/mol. The minimum atomic E-state index is -0.884. The van der Waals surface area contributed by atoms with E-state index in [1.54, 1.807) is 25.1 Å². The number of aromatic hydroxyl groups is 1. The molecule has 1 fully saturated rings. The van der Waals surface area contributed by atoms with Crippen LogP contribution in [0.5, 0.6) is 5.75 Å². The van der Waals surface area contributed by atoms with Crippen LogP contribution >= 0.6 is 0 Å². The maximum Gasteiger partial charge on any atom is 0.252 e. The van der Waals surface area contributed by atoms with Gasteiger partial charge >= 0.3 is 0 Å². The Bertz CT molecular complexity index is 987. The molecule has 2 aromatic rings. The Morgan fingerprint density at radius 3 is 2.50 bits per heavy atom. The van der Waals surface area contributed by atoms with Crippen LogP contribution in [0.15, 0.2) is 48.5 Å². The van der Waals surface area contributed by atoms with Crippen molar-refractivity contribution in [2.24, 2.45) is 0 Å². The highest BCUT2D eigenvalue weighted by Gasteiger charge is 2.35. The average molecular weight is 468 g/mol. The molecule has 1 saturated heterocycles. The van der Waals surface area contributed by atoms with Crippen molar-refractivity contribution < 1.29 is 19.8 Å². The fraction of sp³-hybridized carbons (Fsp3) is 0.481. The zero-order chi connectivity index (χ0) is 24.9. The standard InChI is InChI=1S/C27H37N3O4/c1-18-20(12-8-14-23(18)31)25(33)28-21(16-19-10-6-5-7-11-19)24(32)17-30-15-9-13-22(30)26(34)29-27(2,3)4/h5-8,10-12,14,21-22,24,31-32H,9,13,15-17H2,1-4H3,(H,28,33)(H,29,34)/t21-,22-,24+/m0/s1. The molecule has 3 rings (SSSR count). The van der Waals surface area contributed by atoms with Crippen LogP contribution in [0.1, 0.15) is 55.1 Å². The molecule has 0 spiro atoms. The number of benzene rings is 2. The summed E-state index contributed by atoms with van der Waals surface area (Å²) in [5, 5.41) is 27.3. The van der Waals surface area contributed by atoms with E-state index in [4.69, 9.17) is 0 Å². The quantitative estimate of drug-likeness (QED) is 0.478. The number of hydrogen-bond donors (Lipinski definition) is 4. The number of carbonyl (C=O) groups excluding carboxylic acids is 2. The normalized spacial score (nSPS) is 18.3. The van der Waals surface area contributed by atoms with E-state index < -0.39 is 12.1 Å². The summed E-state index contributed by atoms with van der Waals surface area (Å²) in [6.07, 6.45) is 1.18. The predicted molar refractivity (Wildman–Crippen MR) is 133 cm³/mol. The molecule has 0 saturated carbocycles. The van der Waals surface area contributed by atoms with Gasteiger partial charge in [0.2, 0.25) is 5.91 Å². The lowest BCUT2D eigenvalue weighted by Crippen LogP contribution is -2.54. The second-order valence-electron chi connectivity index (χ2n) is 10.2. The van der Waals surface area contributed by atoms with Crippen molar-refractivity contribution in [2.75, 3.05) is 13.1 Å². The number of nitrogens with zero attached hydrogens (tertiary/aromatic N) is 1. The topological polar surface area (TPSA) is 102 Å². The second-order valence-corrected chi connectivity index (χ2v) is 10.2. The summed E-state index contributed by atoms with van der Waals surface area (Å²) < 4.78 is 0. The van der Waals surface area contributed by atoms with Gasteiger partial charge in [-0.05, 0) is 71.2 Å². The van der Waals surface area contributed by atoms with Crippen LogP contribution in [0.25, 0.3) is 0 Å². The summed E-state index contributed by atoms with van der Waals surface area (Å²) in [5.41, 5.74) is 1.52. The molecular weight excluding hydrogens is 430 g/mol. The fourth-order valence-corrected chi connectivity index (χ4v) is 4.43. The first-order chi connectivity index (χ1) is 16.0.